The molecule has 0 saturated carbocycles. The average molecular weight is 340 g/mol. The van der Waals surface area contributed by atoms with Crippen LogP contribution in [0.5, 0.6) is 0 Å². The third kappa shape index (κ3) is 2.51. The minimum Gasteiger partial charge on any atom is -0.290 e. The van der Waals surface area contributed by atoms with Crippen molar-refractivity contribution >= 4 is 17.2 Å². The number of fused-ring (bicyclic) bond motifs is 1. The van der Waals surface area contributed by atoms with E-state index in [4.69, 9.17) is 16.9 Å². The molecule has 2 heterocycles. The highest BCUT2D eigenvalue weighted by Gasteiger charge is 2.35. The van der Waals surface area contributed by atoms with Crippen LogP contribution in [0.25, 0.3) is 16.9 Å². The zero-order chi connectivity index (χ0) is 16.8. The van der Waals surface area contributed by atoms with Gasteiger partial charge in [0.25, 0.3) is 0 Å². The first-order chi connectivity index (χ1) is 10.8. The summed E-state index contributed by atoms with van der Waals surface area (Å²) in [4.78, 5) is 4.06. The molecule has 0 radical (unpaired) electrons. The summed E-state index contributed by atoms with van der Waals surface area (Å²) < 4.78 is 54.7. The third-order valence-electron chi connectivity index (χ3n) is 3.26. The van der Waals surface area contributed by atoms with Gasteiger partial charge in [0.15, 0.2) is 0 Å². The molecule has 3 nitrogen and oxygen atoms in total. The lowest BCUT2D eigenvalue weighted by molar-refractivity contribution is -0.137. The van der Waals surface area contributed by atoms with Gasteiger partial charge in [-0.2, -0.15) is 18.4 Å². The number of halogens is 5. The van der Waals surface area contributed by atoms with E-state index in [1.165, 1.54) is 10.5 Å². The van der Waals surface area contributed by atoms with E-state index >= 15 is 0 Å². The van der Waals surface area contributed by atoms with E-state index in [1.54, 1.807) is 24.4 Å². The topological polar surface area (TPSA) is 41.1 Å². The number of benzene rings is 1. The van der Waals surface area contributed by atoms with Crippen LogP contribution < -0.4 is 0 Å². The van der Waals surface area contributed by atoms with Crippen molar-refractivity contribution in [3.63, 3.8) is 0 Å². The second-order valence-electron chi connectivity index (χ2n) is 4.67. The first kappa shape index (κ1) is 15.3. The molecule has 0 spiro atoms. The van der Waals surface area contributed by atoms with Crippen molar-refractivity contribution in [2.45, 2.75) is 6.18 Å². The van der Waals surface area contributed by atoms with Gasteiger partial charge in [0.2, 0.25) is 0 Å². The van der Waals surface area contributed by atoms with E-state index in [1.807, 2.05) is 0 Å². The van der Waals surface area contributed by atoms with Crippen molar-refractivity contribution in [1.29, 1.82) is 5.26 Å². The van der Waals surface area contributed by atoms with Gasteiger partial charge in [-0.25, -0.2) is 9.37 Å². The Balaban J connectivity index is 2.31. The van der Waals surface area contributed by atoms with Gasteiger partial charge in [-0.05, 0) is 24.3 Å². The molecule has 3 rings (SSSR count). The minimum atomic E-state index is -4.79. The molecule has 0 N–H and O–H groups in total. The van der Waals surface area contributed by atoms with Crippen LogP contribution in [0.15, 0.2) is 36.5 Å². The molecular weight excluding hydrogens is 334 g/mol. The number of hydrogen-bond acceptors (Lipinski definition) is 2. The van der Waals surface area contributed by atoms with Gasteiger partial charge in [-0.15, -0.1) is 0 Å². The Kier molecular flexibility index (Phi) is 3.49. The van der Waals surface area contributed by atoms with Crippen LogP contribution in [0.1, 0.15) is 11.1 Å². The summed E-state index contributed by atoms with van der Waals surface area (Å²) in [6, 6.07) is 7.35. The van der Waals surface area contributed by atoms with Gasteiger partial charge < -0.3 is 0 Å². The molecule has 23 heavy (non-hydrogen) atoms. The molecule has 0 aliphatic rings. The van der Waals surface area contributed by atoms with Crippen LogP contribution in [0.4, 0.5) is 17.6 Å². The van der Waals surface area contributed by atoms with E-state index in [0.29, 0.717) is 17.8 Å². The van der Waals surface area contributed by atoms with Gasteiger partial charge in [0.1, 0.15) is 22.3 Å². The Morgan fingerprint density at radius 3 is 2.57 bits per heavy atom. The standard InChI is InChI=1S/C15H6ClF4N3/c16-14-13(22-12-3-1-2-4-23(12)14)9-6-10(15(18,19)20)8(7-21)5-11(9)17/h1-6H. The Labute approximate surface area is 132 Å². The van der Waals surface area contributed by atoms with Crippen molar-refractivity contribution in [3.05, 3.63) is 58.6 Å². The highest BCUT2D eigenvalue weighted by Crippen LogP contribution is 2.37. The Morgan fingerprint density at radius 1 is 1.22 bits per heavy atom. The number of aromatic nitrogens is 2. The molecule has 1 aromatic carbocycles. The second kappa shape index (κ2) is 5.25. The molecule has 3 aromatic rings. The van der Waals surface area contributed by atoms with Crippen LogP contribution in [0.2, 0.25) is 5.15 Å². The molecule has 0 amide bonds. The fourth-order valence-electron chi connectivity index (χ4n) is 2.22. The monoisotopic (exact) mass is 339 g/mol. The van der Waals surface area contributed by atoms with Crippen molar-refractivity contribution < 1.29 is 17.6 Å². The Morgan fingerprint density at radius 2 is 1.96 bits per heavy atom. The first-order valence-corrected chi connectivity index (χ1v) is 6.64. The Hall–Kier alpha value is -2.59. The molecule has 0 aliphatic carbocycles. The third-order valence-corrected chi connectivity index (χ3v) is 3.62. The van der Waals surface area contributed by atoms with Crippen LogP contribution in [0.3, 0.4) is 0 Å². The fraction of sp³-hybridized carbons (Fsp3) is 0.0667. The van der Waals surface area contributed by atoms with Crippen LogP contribution in [-0.4, -0.2) is 9.38 Å². The molecule has 0 aliphatic heterocycles. The van der Waals surface area contributed by atoms with Crippen molar-refractivity contribution in [2.24, 2.45) is 0 Å². The summed E-state index contributed by atoms with van der Waals surface area (Å²) in [6.45, 7) is 0. The second-order valence-corrected chi connectivity index (χ2v) is 5.03. The maximum absolute atomic E-state index is 14.2. The summed E-state index contributed by atoms with van der Waals surface area (Å²) in [5.41, 5.74) is -2.19. The van der Waals surface area contributed by atoms with Gasteiger partial charge in [0, 0.05) is 11.8 Å². The first-order valence-electron chi connectivity index (χ1n) is 6.26. The number of nitrogens with zero attached hydrogens (tertiary/aromatic N) is 3. The summed E-state index contributed by atoms with van der Waals surface area (Å²) in [5, 5.41) is 8.76. The number of hydrogen-bond donors (Lipinski definition) is 0. The lowest BCUT2D eigenvalue weighted by atomic mass is 10.0. The van der Waals surface area contributed by atoms with E-state index in [9.17, 15) is 17.6 Å². The average Bonchev–Trinajstić information content (AvgIpc) is 2.83. The molecule has 0 atom stereocenters. The lowest BCUT2D eigenvalue weighted by Crippen LogP contribution is -2.09. The van der Waals surface area contributed by atoms with E-state index in [2.05, 4.69) is 4.98 Å². The summed E-state index contributed by atoms with van der Waals surface area (Å²) in [7, 11) is 0. The van der Waals surface area contributed by atoms with Crippen LogP contribution in [0, 0.1) is 17.1 Å². The van der Waals surface area contributed by atoms with E-state index in [-0.39, 0.29) is 10.8 Å². The van der Waals surface area contributed by atoms with Crippen molar-refractivity contribution in [3.8, 4) is 17.3 Å². The highest BCUT2D eigenvalue weighted by molar-refractivity contribution is 6.32. The molecule has 116 valence electrons. The van der Waals surface area contributed by atoms with Gasteiger partial charge in [-0.1, -0.05) is 17.7 Å². The molecule has 0 fully saturated rings. The normalized spacial score (nSPS) is 11.7. The lowest BCUT2D eigenvalue weighted by Gasteiger charge is -2.11. The number of nitriles is 1. The van der Waals surface area contributed by atoms with E-state index < -0.39 is 28.7 Å². The highest BCUT2D eigenvalue weighted by atomic mass is 35.5. The fourth-order valence-corrected chi connectivity index (χ4v) is 2.51. The Bertz CT molecular complexity index is 954. The molecule has 0 unspecified atom stereocenters. The summed E-state index contributed by atoms with van der Waals surface area (Å²) in [6.07, 6.45) is -3.24. The zero-order valence-corrected chi connectivity index (χ0v) is 12.0. The van der Waals surface area contributed by atoms with E-state index in [0.717, 1.165) is 0 Å². The SMILES string of the molecule is N#Cc1cc(F)c(-c2nc3ccccn3c2Cl)cc1C(F)(F)F. The number of alkyl halides is 3. The van der Waals surface area contributed by atoms with Crippen molar-refractivity contribution in [1.82, 2.24) is 9.38 Å². The summed E-state index contributed by atoms with van der Waals surface area (Å²) in [5.74, 6) is -1.00. The maximum Gasteiger partial charge on any atom is 0.417 e. The van der Waals surface area contributed by atoms with Crippen LogP contribution >= 0.6 is 11.6 Å². The van der Waals surface area contributed by atoms with Crippen LogP contribution in [-0.2, 0) is 6.18 Å². The van der Waals surface area contributed by atoms with Crippen molar-refractivity contribution in [2.75, 3.05) is 0 Å². The zero-order valence-electron chi connectivity index (χ0n) is 11.2. The predicted molar refractivity (Wildman–Crippen MR) is 75.3 cm³/mol. The van der Waals surface area contributed by atoms with Gasteiger partial charge in [0.05, 0.1) is 17.2 Å². The van der Waals surface area contributed by atoms with Gasteiger partial charge in [-0.3, -0.25) is 4.40 Å². The quantitative estimate of drug-likeness (QED) is 0.604. The number of pyridine rings is 1. The molecule has 8 heteroatoms. The maximum atomic E-state index is 14.2. The summed E-state index contributed by atoms with van der Waals surface area (Å²) >= 11 is 6.09. The molecule has 0 bridgehead atoms. The molecular formula is C15H6ClF4N3. The predicted octanol–water partition coefficient (Wildman–Crippen LogP) is 4.68. The number of imidazole rings is 1. The molecule has 0 saturated heterocycles. The minimum absolute atomic E-state index is 0.0164. The number of rotatable bonds is 1. The smallest absolute Gasteiger partial charge is 0.290 e. The molecule has 2 aromatic heterocycles. The largest absolute Gasteiger partial charge is 0.417 e. The van der Waals surface area contributed by atoms with Gasteiger partial charge >= 0.3 is 6.18 Å².